The van der Waals surface area contributed by atoms with Gasteiger partial charge in [0.2, 0.25) is 0 Å². The molecule has 0 saturated carbocycles. The number of carbonyl (C=O) groups is 1. The Hall–Kier alpha value is -0.790. The number of halogens is 2. The summed E-state index contributed by atoms with van der Waals surface area (Å²) in [6.07, 6.45) is -1.31. The van der Waals surface area contributed by atoms with Gasteiger partial charge in [-0.3, -0.25) is 0 Å². The third-order valence-corrected chi connectivity index (χ3v) is 2.28. The summed E-state index contributed by atoms with van der Waals surface area (Å²) in [6.45, 7) is 2.21. The molecule has 0 bridgehead atoms. The second-order valence-electron chi connectivity index (χ2n) is 3.75. The van der Waals surface area contributed by atoms with Gasteiger partial charge in [0.15, 0.2) is 0 Å². The molecule has 7 heteroatoms. The highest BCUT2D eigenvalue weighted by atomic mass is 19.3. The third kappa shape index (κ3) is 4.93. The summed E-state index contributed by atoms with van der Waals surface area (Å²) >= 11 is 0. The van der Waals surface area contributed by atoms with Crippen LogP contribution in [0.4, 0.5) is 8.78 Å². The van der Waals surface area contributed by atoms with Crippen molar-refractivity contribution in [2.24, 2.45) is 0 Å². The molecule has 0 aliphatic carbocycles. The highest BCUT2D eigenvalue weighted by Crippen LogP contribution is 2.30. The molecule has 5 nitrogen and oxygen atoms in total. The number of rotatable bonds is 8. The number of ether oxygens (including phenoxy) is 3. The van der Waals surface area contributed by atoms with E-state index < -0.39 is 24.4 Å². The summed E-state index contributed by atoms with van der Waals surface area (Å²) in [5, 5.41) is 2.89. The van der Waals surface area contributed by atoms with Crippen LogP contribution in [0.1, 0.15) is 6.42 Å². The van der Waals surface area contributed by atoms with E-state index in [2.05, 4.69) is 10.1 Å². The molecule has 0 radical (unpaired) electrons. The van der Waals surface area contributed by atoms with Crippen molar-refractivity contribution in [1.82, 2.24) is 5.32 Å². The van der Waals surface area contributed by atoms with Crippen LogP contribution in [-0.4, -0.2) is 58.0 Å². The van der Waals surface area contributed by atoms with E-state index in [1.54, 1.807) is 7.11 Å². The Morgan fingerprint density at radius 3 is 2.82 bits per heavy atom. The molecule has 1 atom stereocenters. The molecule has 17 heavy (non-hydrogen) atoms. The number of nitrogens with one attached hydrogen (secondary N) is 1. The molecular weight excluding hydrogens is 236 g/mol. The zero-order valence-corrected chi connectivity index (χ0v) is 9.71. The number of cyclic esters (lactones) is 1. The number of hydrogen-bond acceptors (Lipinski definition) is 5. The molecular formula is C10H17F2NO4. The smallest absolute Gasteiger partial charge is 0.377 e. The first-order valence-electron chi connectivity index (χ1n) is 5.42. The predicted molar refractivity (Wildman–Crippen MR) is 55.0 cm³/mol. The quantitative estimate of drug-likeness (QED) is 0.494. The Morgan fingerprint density at radius 1 is 1.47 bits per heavy atom. The van der Waals surface area contributed by atoms with Crippen LogP contribution in [0.15, 0.2) is 0 Å². The fourth-order valence-electron chi connectivity index (χ4n) is 1.41. The van der Waals surface area contributed by atoms with Gasteiger partial charge in [-0.05, 0) is 0 Å². The van der Waals surface area contributed by atoms with Crippen LogP contribution >= 0.6 is 0 Å². The zero-order valence-electron chi connectivity index (χ0n) is 9.71. The van der Waals surface area contributed by atoms with E-state index in [0.717, 1.165) is 0 Å². The SMILES string of the molecule is COCCOCCNCC1CC(F)(F)C(=O)O1. The summed E-state index contributed by atoms with van der Waals surface area (Å²) < 4.78 is 40.0. The largest absolute Gasteiger partial charge is 0.456 e. The van der Waals surface area contributed by atoms with Gasteiger partial charge in [-0.25, -0.2) is 4.79 Å². The lowest BCUT2D eigenvalue weighted by atomic mass is 10.2. The highest BCUT2D eigenvalue weighted by molar-refractivity contribution is 5.79. The Bertz CT molecular complexity index is 250. The normalized spacial score (nSPS) is 22.8. The maximum Gasteiger partial charge on any atom is 0.377 e. The van der Waals surface area contributed by atoms with Crippen LogP contribution < -0.4 is 5.32 Å². The Morgan fingerprint density at radius 2 is 2.24 bits per heavy atom. The van der Waals surface area contributed by atoms with Gasteiger partial charge in [0.1, 0.15) is 6.10 Å². The topological polar surface area (TPSA) is 56.8 Å². The maximum atomic E-state index is 12.8. The summed E-state index contributed by atoms with van der Waals surface area (Å²) in [5.41, 5.74) is 0. The van der Waals surface area contributed by atoms with Crippen molar-refractivity contribution in [3.63, 3.8) is 0 Å². The molecule has 0 aromatic carbocycles. The molecule has 0 aromatic heterocycles. The fraction of sp³-hybridized carbons (Fsp3) is 0.900. The number of esters is 1. The molecule has 1 unspecified atom stereocenters. The standard InChI is InChI=1S/C10H17F2NO4/c1-15-4-5-16-3-2-13-7-8-6-10(11,12)9(14)17-8/h8,13H,2-7H2,1H3. The van der Waals surface area contributed by atoms with Crippen molar-refractivity contribution in [2.45, 2.75) is 18.4 Å². The number of hydrogen-bond donors (Lipinski definition) is 1. The van der Waals surface area contributed by atoms with E-state index in [1.165, 1.54) is 0 Å². The second-order valence-corrected chi connectivity index (χ2v) is 3.75. The Kier molecular flexibility index (Phi) is 5.73. The van der Waals surface area contributed by atoms with Gasteiger partial charge >= 0.3 is 11.9 Å². The monoisotopic (exact) mass is 253 g/mol. The molecule has 1 N–H and O–H groups in total. The van der Waals surface area contributed by atoms with Gasteiger partial charge in [-0.2, -0.15) is 8.78 Å². The number of alkyl halides is 2. The zero-order chi connectivity index (χ0) is 12.7. The first kappa shape index (κ1) is 14.3. The van der Waals surface area contributed by atoms with Crippen LogP contribution in [0.2, 0.25) is 0 Å². The molecule has 1 fully saturated rings. The Balaban J connectivity index is 1.99. The van der Waals surface area contributed by atoms with Crippen molar-refractivity contribution < 1.29 is 27.8 Å². The van der Waals surface area contributed by atoms with E-state index >= 15 is 0 Å². The molecule has 1 heterocycles. The van der Waals surface area contributed by atoms with E-state index in [4.69, 9.17) is 9.47 Å². The van der Waals surface area contributed by atoms with Crippen molar-refractivity contribution in [3.05, 3.63) is 0 Å². The van der Waals surface area contributed by atoms with Gasteiger partial charge in [0.25, 0.3) is 0 Å². The van der Waals surface area contributed by atoms with E-state index in [0.29, 0.717) is 26.4 Å². The minimum atomic E-state index is -3.33. The molecule has 0 spiro atoms. The Labute approximate surface area is 98.4 Å². The lowest BCUT2D eigenvalue weighted by molar-refractivity contribution is -0.159. The maximum absolute atomic E-state index is 12.8. The summed E-state index contributed by atoms with van der Waals surface area (Å²) in [5.74, 6) is -4.76. The molecule has 1 saturated heterocycles. The lowest BCUT2D eigenvalue weighted by Crippen LogP contribution is -2.30. The van der Waals surface area contributed by atoms with Crippen molar-refractivity contribution in [2.75, 3.05) is 40.0 Å². The molecule has 0 aromatic rings. The average molecular weight is 253 g/mol. The molecule has 1 aliphatic heterocycles. The third-order valence-electron chi connectivity index (χ3n) is 2.28. The average Bonchev–Trinajstić information content (AvgIpc) is 2.51. The van der Waals surface area contributed by atoms with E-state index in [9.17, 15) is 13.6 Å². The number of methoxy groups -OCH3 is 1. The lowest BCUT2D eigenvalue weighted by Gasteiger charge is -2.10. The first-order chi connectivity index (χ1) is 8.06. The van der Waals surface area contributed by atoms with Gasteiger partial charge in [0.05, 0.1) is 26.2 Å². The first-order valence-corrected chi connectivity index (χ1v) is 5.42. The summed E-state index contributed by atoms with van der Waals surface area (Å²) in [4.78, 5) is 10.7. The summed E-state index contributed by atoms with van der Waals surface area (Å²) in [7, 11) is 1.58. The van der Waals surface area contributed by atoms with Crippen molar-refractivity contribution in [3.8, 4) is 0 Å². The highest BCUT2D eigenvalue weighted by Gasteiger charge is 2.50. The molecule has 1 aliphatic rings. The van der Waals surface area contributed by atoms with Crippen LogP contribution in [-0.2, 0) is 19.0 Å². The second kappa shape index (κ2) is 6.83. The van der Waals surface area contributed by atoms with Crippen molar-refractivity contribution >= 4 is 5.97 Å². The summed E-state index contributed by atoms with van der Waals surface area (Å²) in [6, 6.07) is 0. The molecule has 100 valence electrons. The predicted octanol–water partition coefficient (Wildman–Crippen LogP) is 0.190. The van der Waals surface area contributed by atoms with Crippen LogP contribution in [0.3, 0.4) is 0 Å². The van der Waals surface area contributed by atoms with Crippen molar-refractivity contribution in [1.29, 1.82) is 0 Å². The minimum Gasteiger partial charge on any atom is -0.456 e. The molecule has 1 rings (SSSR count). The number of carbonyl (C=O) groups excluding carboxylic acids is 1. The minimum absolute atomic E-state index is 0.217. The van der Waals surface area contributed by atoms with E-state index in [1.807, 2.05) is 0 Å². The van der Waals surface area contributed by atoms with E-state index in [-0.39, 0.29) is 6.54 Å². The van der Waals surface area contributed by atoms with Crippen LogP contribution in [0.5, 0.6) is 0 Å². The van der Waals surface area contributed by atoms with Gasteiger partial charge in [-0.1, -0.05) is 0 Å². The van der Waals surface area contributed by atoms with Crippen LogP contribution in [0, 0.1) is 0 Å². The molecule has 0 amide bonds. The van der Waals surface area contributed by atoms with Crippen LogP contribution in [0.25, 0.3) is 0 Å². The fourth-order valence-corrected chi connectivity index (χ4v) is 1.41. The van der Waals surface area contributed by atoms with Gasteiger partial charge < -0.3 is 19.5 Å². The van der Waals surface area contributed by atoms with Gasteiger partial charge in [0, 0.05) is 20.2 Å². The van der Waals surface area contributed by atoms with Gasteiger partial charge in [-0.15, -0.1) is 0 Å².